The third-order valence-corrected chi connectivity index (χ3v) is 5.80. The Morgan fingerprint density at radius 2 is 2.03 bits per heavy atom. The second-order valence-electron chi connectivity index (χ2n) is 7.11. The van der Waals surface area contributed by atoms with Crippen LogP contribution in [0.25, 0.3) is 22.0 Å². The number of amides is 1. The van der Waals surface area contributed by atoms with Crippen molar-refractivity contribution in [3.8, 4) is 22.0 Å². The number of nitrogens with zero attached hydrogens (tertiary/aromatic N) is 4. The van der Waals surface area contributed by atoms with E-state index in [0.717, 1.165) is 23.3 Å². The van der Waals surface area contributed by atoms with Gasteiger partial charge in [0.05, 0.1) is 11.4 Å². The molecule has 9 heteroatoms. The van der Waals surface area contributed by atoms with Gasteiger partial charge in [0.1, 0.15) is 0 Å². The van der Waals surface area contributed by atoms with Crippen LogP contribution in [0.2, 0.25) is 0 Å². The van der Waals surface area contributed by atoms with Gasteiger partial charge >= 0.3 is 5.69 Å². The maximum Gasteiger partial charge on any atom is 0.346 e. The molecule has 0 atom stereocenters. The van der Waals surface area contributed by atoms with Crippen molar-refractivity contribution in [2.75, 3.05) is 6.54 Å². The van der Waals surface area contributed by atoms with Gasteiger partial charge in [-0.2, -0.15) is 0 Å². The van der Waals surface area contributed by atoms with Crippen LogP contribution in [0, 0.1) is 0 Å². The molecule has 0 saturated heterocycles. The lowest BCUT2D eigenvalue weighted by Crippen LogP contribution is -2.32. The molecule has 1 aliphatic carbocycles. The van der Waals surface area contributed by atoms with E-state index in [1.807, 2.05) is 47.8 Å². The second kappa shape index (κ2) is 7.75. The minimum atomic E-state index is -0.353. The summed E-state index contributed by atoms with van der Waals surface area (Å²) in [5.41, 5.74) is 0.911. The highest BCUT2D eigenvalue weighted by Crippen LogP contribution is 2.37. The fraction of sp³-hybridized carbons (Fsp3) is 0.238. The Labute approximate surface area is 175 Å². The van der Waals surface area contributed by atoms with Crippen molar-refractivity contribution in [1.29, 1.82) is 0 Å². The predicted molar refractivity (Wildman–Crippen MR) is 112 cm³/mol. The molecule has 0 aliphatic heterocycles. The van der Waals surface area contributed by atoms with Crippen molar-refractivity contribution in [2.24, 2.45) is 0 Å². The predicted octanol–water partition coefficient (Wildman–Crippen LogP) is 3.19. The van der Waals surface area contributed by atoms with E-state index in [2.05, 4.69) is 15.6 Å². The number of aromatic nitrogens is 4. The van der Waals surface area contributed by atoms with Gasteiger partial charge in [-0.15, -0.1) is 16.4 Å². The van der Waals surface area contributed by atoms with Crippen molar-refractivity contribution in [3.05, 3.63) is 70.1 Å². The van der Waals surface area contributed by atoms with Crippen LogP contribution >= 0.6 is 11.3 Å². The second-order valence-corrected chi connectivity index (χ2v) is 8.05. The van der Waals surface area contributed by atoms with Crippen LogP contribution in [0.5, 0.6) is 0 Å². The van der Waals surface area contributed by atoms with Crippen LogP contribution in [0.15, 0.2) is 63.2 Å². The number of rotatable bonds is 7. The van der Waals surface area contributed by atoms with Crippen molar-refractivity contribution < 1.29 is 9.32 Å². The summed E-state index contributed by atoms with van der Waals surface area (Å²) in [4.78, 5) is 26.2. The van der Waals surface area contributed by atoms with E-state index >= 15 is 0 Å². The van der Waals surface area contributed by atoms with E-state index in [-0.39, 0.29) is 36.4 Å². The summed E-state index contributed by atoms with van der Waals surface area (Å²) in [6.07, 6.45) is 1.99. The van der Waals surface area contributed by atoms with Gasteiger partial charge in [-0.25, -0.2) is 9.48 Å². The Balaban J connectivity index is 1.26. The molecule has 30 heavy (non-hydrogen) atoms. The Morgan fingerprint density at radius 3 is 2.77 bits per heavy atom. The smallest absolute Gasteiger partial charge is 0.346 e. The maximum atomic E-state index is 12.8. The number of hydrogen-bond donors (Lipinski definition) is 1. The zero-order valence-corrected chi connectivity index (χ0v) is 16.8. The minimum absolute atomic E-state index is 0.136. The fourth-order valence-electron chi connectivity index (χ4n) is 3.29. The normalized spacial score (nSPS) is 13.5. The van der Waals surface area contributed by atoms with Gasteiger partial charge in [-0.05, 0) is 24.3 Å². The van der Waals surface area contributed by atoms with Crippen LogP contribution in [0.4, 0.5) is 0 Å². The molecule has 4 aromatic rings. The highest BCUT2D eigenvalue weighted by atomic mass is 32.1. The fourth-order valence-corrected chi connectivity index (χ4v) is 3.99. The molecule has 8 nitrogen and oxygen atoms in total. The average molecular weight is 421 g/mol. The quantitative estimate of drug-likeness (QED) is 0.494. The van der Waals surface area contributed by atoms with Crippen LogP contribution in [0.1, 0.15) is 29.4 Å². The largest absolute Gasteiger partial charge is 0.355 e. The van der Waals surface area contributed by atoms with Gasteiger partial charge in [-0.3, -0.25) is 9.36 Å². The number of carbonyl (C=O) groups is 1. The summed E-state index contributed by atoms with van der Waals surface area (Å²) in [6, 6.07) is 15.2. The topological polar surface area (TPSA) is 95.0 Å². The molecule has 5 rings (SSSR count). The van der Waals surface area contributed by atoms with Crippen LogP contribution in [0.3, 0.4) is 0 Å². The van der Waals surface area contributed by atoms with Crippen LogP contribution < -0.4 is 11.0 Å². The molecule has 1 amide bonds. The molecule has 3 heterocycles. The lowest BCUT2D eigenvalue weighted by molar-refractivity contribution is 0.0943. The zero-order valence-electron chi connectivity index (χ0n) is 16.0. The Hall–Kier alpha value is -3.46. The summed E-state index contributed by atoms with van der Waals surface area (Å²) >= 11 is 1.56. The monoisotopic (exact) mass is 421 g/mol. The molecule has 3 aromatic heterocycles. The Bertz CT molecular complexity index is 1220. The van der Waals surface area contributed by atoms with Crippen molar-refractivity contribution >= 4 is 17.2 Å². The van der Waals surface area contributed by atoms with E-state index in [1.54, 1.807) is 22.0 Å². The van der Waals surface area contributed by atoms with Gasteiger partial charge in [0.15, 0.2) is 17.3 Å². The maximum absolute atomic E-state index is 12.8. The first kappa shape index (κ1) is 18.6. The van der Waals surface area contributed by atoms with Crippen molar-refractivity contribution in [3.63, 3.8) is 0 Å². The molecule has 1 fully saturated rings. The van der Waals surface area contributed by atoms with E-state index in [4.69, 9.17) is 4.52 Å². The molecule has 0 radical (unpaired) electrons. The molecule has 0 bridgehead atoms. The molecule has 1 aromatic carbocycles. The molecular weight excluding hydrogens is 402 g/mol. The molecule has 0 unspecified atom stereocenters. The average Bonchev–Trinajstić information content (AvgIpc) is 3.18. The summed E-state index contributed by atoms with van der Waals surface area (Å²) < 4.78 is 8.47. The molecule has 1 saturated carbocycles. The van der Waals surface area contributed by atoms with Gasteiger partial charge in [-0.1, -0.05) is 41.6 Å². The summed E-state index contributed by atoms with van der Waals surface area (Å²) in [5.74, 6) is 0.877. The Morgan fingerprint density at radius 1 is 1.20 bits per heavy atom. The third-order valence-electron chi connectivity index (χ3n) is 4.93. The lowest BCUT2D eigenvalue weighted by Gasteiger charge is -2.02. The summed E-state index contributed by atoms with van der Waals surface area (Å²) in [6.45, 7) is 0.546. The van der Waals surface area contributed by atoms with Gasteiger partial charge in [0.25, 0.3) is 5.91 Å². The molecule has 1 N–H and O–H groups in total. The first-order chi connectivity index (χ1) is 14.7. The number of thiophene rings is 1. The van der Waals surface area contributed by atoms with E-state index in [1.165, 1.54) is 4.68 Å². The zero-order chi connectivity index (χ0) is 20.5. The van der Waals surface area contributed by atoms with E-state index in [9.17, 15) is 9.59 Å². The first-order valence-electron chi connectivity index (χ1n) is 9.74. The highest BCUT2D eigenvalue weighted by molar-refractivity contribution is 7.13. The molecular formula is C21H19N5O3S. The lowest BCUT2D eigenvalue weighted by atomic mass is 10.1. The number of carbonyl (C=O) groups excluding carboxylic acids is 1. The number of nitrogens with one attached hydrogen (secondary N) is 1. The third kappa shape index (κ3) is 3.59. The number of benzene rings is 1. The minimum Gasteiger partial charge on any atom is -0.355 e. The van der Waals surface area contributed by atoms with Gasteiger partial charge < -0.3 is 9.84 Å². The standard InChI is InChI=1S/C21H19N5O3S/c27-20(16-13-17(29-24-16)14-5-2-1-3-6-14)22-10-11-25-21(28)26(15-8-9-15)19(23-25)18-7-4-12-30-18/h1-7,12-13,15H,8-11H2,(H,22,27). The highest BCUT2D eigenvalue weighted by Gasteiger charge is 2.30. The summed E-state index contributed by atoms with van der Waals surface area (Å²) in [7, 11) is 0. The Kier molecular flexibility index (Phi) is 4.80. The molecule has 152 valence electrons. The van der Waals surface area contributed by atoms with E-state index < -0.39 is 0 Å². The van der Waals surface area contributed by atoms with E-state index in [0.29, 0.717) is 11.6 Å². The molecule has 1 aliphatic rings. The van der Waals surface area contributed by atoms with Crippen molar-refractivity contribution in [2.45, 2.75) is 25.4 Å². The van der Waals surface area contributed by atoms with Crippen LogP contribution in [-0.4, -0.2) is 32.0 Å². The van der Waals surface area contributed by atoms with Crippen molar-refractivity contribution in [1.82, 2.24) is 24.8 Å². The first-order valence-corrected chi connectivity index (χ1v) is 10.6. The summed E-state index contributed by atoms with van der Waals surface area (Å²) in [5, 5.41) is 13.1. The number of hydrogen-bond acceptors (Lipinski definition) is 6. The van der Waals surface area contributed by atoms with Gasteiger partial charge in [0.2, 0.25) is 0 Å². The van der Waals surface area contributed by atoms with Crippen LogP contribution in [-0.2, 0) is 6.54 Å². The molecule has 0 spiro atoms. The van der Waals surface area contributed by atoms with Gasteiger partial charge in [0, 0.05) is 24.2 Å². The SMILES string of the molecule is O=C(NCCn1nc(-c2cccs2)n(C2CC2)c1=O)c1cc(-c2ccccc2)on1.